The van der Waals surface area contributed by atoms with Crippen LogP contribution in [0.2, 0.25) is 0 Å². The first kappa shape index (κ1) is 17.9. The summed E-state index contributed by atoms with van der Waals surface area (Å²) in [6.07, 6.45) is 9.80. The molecule has 2 aliphatic rings. The summed E-state index contributed by atoms with van der Waals surface area (Å²) in [5.74, 6) is -0.159. The van der Waals surface area contributed by atoms with E-state index >= 15 is 0 Å². The molecule has 2 heterocycles. The van der Waals surface area contributed by atoms with Gasteiger partial charge in [0.1, 0.15) is 0 Å². The van der Waals surface area contributed by atoms with E-state index in [1.807, 2.05) is 0 Å². The lowest BCUT2D eigenvalue weighted by Gasteiger charge is -2.45. The Morgan fingerprint density at radius 3 is 2.52 bits per heavy atom. The number of likely N-dealkylation sites (tertiary alicyclic amines) is 1. The number of hydrogen-bond donors (Lipinski definition) is 2. The number of aromatic amines is 1. The van der Waals surface area contributed by atoms with Gasteiger partial charge in [-0.2, -0.15) is 0 Å². The molecule has 0 radical (unpaired) electrons. The van der Waals surface area contributed by atoms with Crippen molar-refractivity contribution in [2.75, 3.05) is 19.6 Å². The third-order valence-electron chi connectivity index (χ3n) is 5.78. The minimum absolute atomic E-state index is 0.000463. The second-order valence-corrected chi connectivity index (χ2v) is 7.42. The molecule has 7 heteroatoms. The molecule has 7 nitrogen and oxygen atoms in total. The normalized spacial score (nSPS) is 20.5. The van der Waals surface area contributed by atoms with Gasteiger partial charge >= 0.3 is 5.69 Å². The Morgan fingerprint density at radius 2 is 1.84 bits per heavy atom. The lowest BCUT2D eigenvalue weighted by atomic mass is 9.80. The van der Waals surface area contributed by atoms with Crippen molar-refractivity contribution in [3.8, 4) is 0 Å². The standard InChI is InChI=1S/C18H28N4O3/c1-21-16(24)14(12-19-17(21)25)11-15(23)20-13-18(7-3-2-4-8-18)22-9-5-6-10-22/h12H,2-11,13H2,1H3,(H,19,25)(H,20,23). The van der Waals surface area contributed by atoms with Gasteiger partial charge in [0, 0.05) is 30.9 Å². The zero-order chi connectivity index (χ0) is 17.9. The first-order chi connectivity index (χ1) is 12.0. The number of rotatable bonds is 5. The molecule has 0 atom stereocenters. The molecular formula is C18H28N4O3. The SMILES string of the molecule is Cn1c(=O)[nH]cc(CC(=O)NCC2(N3CCCC3)CCCCC2)c1=O. The topological polar surface area (TPSA) is 87.2 Å². The Hall–Kier alpha value is -1.89. The number of carbonyl (C=O) groups excluding carboxylic acids is 1. The van der Waals surface area contributed by atoms with Gasteiger partial charge in [-0.15, -0.1) is 0 Å². The molecule has 0 bridgehead atoms. The van der Waals surface area contributed by atoms with Crippen molar-refractivity contribution in [1.29, 1.82) is 0 Å². The van der Waals surface area contributed by atoms with Crippen LogP contribution in [-0.4, -0.2) is 45.5 Å². The predicted octanol–water partition coefficient (Wildman–Crippen LogP) is 0.531. The Bertz CT molecular complexity index is 725. The van der Waals surface area contributed by atoms with E-state index in [1.165, 1.54) is 45.3 Å². The number of hydrogen-bond acceptors (Lipinski definition) is 4. The molecule has 138 valence electrons. The summed E-state index contributed by atoms with van der Waals surface area (Å²) < 4.78 is 0.996. The van der Waals surface area contributed by atoms with Gasteiger partial charge < -0.3 is 10.3 Å². The largest absolute Gasteiger partial charge is 0.354 e. The second kappa shape index (κ2) is 7.56. The maximum atomic E-state index is 12.4. The summed E-state index contributed by atoms with van der Waals surface area (Å²) in [6.45, 7) is 2.89. The van der Waals surface area contributed by atoms with Crippen molar-refractivity contribution in [2.24, 2.45) is 7.05 Å². The second-order valence-electron chi connectivity index (χ2n) is 7.42. The maximum absolute atomic E-state index is 12.4. The van der Waals surface area contributed by atoms with Crippen LogP contribution in [0, 0.1) is 0 Å². The molecule has 25 heavy (non-hydrogen) atoms. The summed E-state index contributed by atoms with van der Waals surface area (Å²) in [6, 6.07) is 0. The summed E-state index contributed by atoms with van der Waals surface area (Å²) in [5, 5.41) is 3.06. The Labute approximate surface area is 147 Å². The molecule has 1 aromatic heterocycles. The molecular weight excluding hydrogens is 320 g/mol. The van der Waals surface area contributed by atoms with Gasteiger partial charge in [0.15, 0.2) is 0 Å². The summed E-state index contributed by atoms with van der Waals surface area (Å²) >= 11 is 0. The van der Waals surface area contributed by atoms with Gasteiger partial charge in [0.25, 0.3) is 5.56 Å². The van der Waals surface area contributed by atoms with Crippen LogP contribution in [0.3, 0.4) is 0 Å². The van der Waals surface area contributed by atoms with Crippen LogP contribution in [-0.2, 0) is 18.3 Å². The highest BCUT2D eigenvalue weighted by atomic mass is 16.2. The molecule has 1 aliphatic heterocycles. The zero-order valence-corrected chi connectivity index (χ0v) is 15.0. The van der Waals surface area contributed by atoms with E-state index in [1.54, 1.807) is 0 Å². The van der Waals surface area contributed by atoms with Crippen molar-refractivity contribution < 1.29 is 4.79 Å². The third kappa shape index (κ3) is 3.86. The number of nitrogens with one attached hydrogen (secondary N) is 2. The first-order valence-corrected chi connectivity index (χ1v) is 9.31. The third-order valence-corrected chi connectivity index (χ3v) is 5.78. The molecule has 3 rings (SSSR count). The lowest BCUT2D eigenvalue weighted by molar-refractivity contribution is -0.121. The van der Waals surface area contributed by atoms with E-state index in [0.717, 1.165) is 30.5 Å². The van der Waals surface area contributed by atoms with Gasteiger partial charge in [0.2, 0.25) is 5.91 Å². The molecule has 2 N–H and O–H groups in total. The maximum Gasteiger partial charge on any atom is 0.328 e. The Kier molecular flexibility index (Phi) is 5.42. The summed E-state index contributed by atoms with van der Waals surface area (Å²) in [5.41, 5.74) is -0.478. The van der Waals surface area contributed by atoms with Gasteiger partial charge in [-0.3, -0.25) is 19.1 Å². The number of H-pyrrole nitrogens is 1. The van der Waals surface area contributed by atoms with Crippen molar-refractivity contribution in [2.45, 2.75) is 56.9 Å². The van der Waals surface area contributed by atoms with Crippen LogP contribution in [0.25, 0.3) is 0 Å². The minimum atomic E-state index is -0.468. The summed E-state index contributed by atoms with van der Waals surface area (Å²) in [7, 11) is 1.41. The number of aromatic nitrogens is 2. The van der Waals surface area contributed by atoms with Gasteiger partial charge in [0.05, 0.1) is 6.42 Å². The number of nitrogens with zero attached hydrogens (tertiary/aromatic N) is 2. The molecule has 1 saturated carbocycles. The molecule has 1 aromatic rings. The van der Waals surface area contributed by atoms with E-state index in [-0.39, 0.29) is 17.9 Å². The van der Waals surface area contributed by atoms with Crippen LogP contribution < -0.4 is 16.6 Å². The highest BCUT2D eigenvalue weighted by molar-refractivity contribution is 5.78. The number of amides is 1. The molecule has 0 aromatic carbocycles. The lowest BCUT2D eigenvalue weighted by Crippen LogP contribution is -2.56. The van der Waals surface area contributed by atoms with Crippen molar-refractivity contribution in [3.05, 3.63) is 32.6 Å². The summed E-state index contributed by atoms with van der Waals surface area (Å²) in [4.78, 5) is 40.9. The van der Waals surface area contributed by atoms with Crippen molar-refractivity contribution in [1.82, 2.24) is 19.8 Å². The Morgan fingerprint density at radius 1 is 1.16 bits per heavy atom. The van der Waals surface area contributed by atoms with Gasteiger partial charge in [-0.25, -0.2) is 4.79 Å². The molecule has 0 spiro atoms. The smallest absolute Gasteiger partial charge is 0.328 e. The highest BCUT2D eigenvalue weighted by Gasteiger charge is 2.39. The predicted molar refractivity (Wildman–Crippen MR) is 95.6 cm³/mol. The van der Waals surface area contributed by atoms with Crippen LogP contribution in [0.1, 0.15) is 50.5 Å². The van der Waals surface area contributed by atoms with Crippen molar-refractivity contribution in [3.63, 3.8) is 0 Å². The van der Waals surface area contributed by atoms with E-state index in [2.05, 4.69) is 15.2 Å². The first-order valence-electron chi connectivity index (χ1n) is 9.31. The molecule has 2 fully saturated rings. The van der Waals surface area contributed by atoms with Crippen LogP contribution >= 0.6 is 0 Å². The Balaban J connectivity index is 1.65. The van der Waals surface area contributed by atoms with Crippen molar-refractivity contribution >= 4 is 5.91 Å². The van der Waals surface area contributed by atoms with E-state index in [4.69, 9.17) is 0 Å². The van der Waals surface area contributed by atoms with Crippen LogP contribution in [0.4, 0.5) is 0 Å². The average molecular weight is 348 g/mol. The zero-order valence-electron chi connectivity index (χ0n) is 15.0. The molecule has 1 saturated heterocycles. The van der Waals surface area contributed by atoms with Gasteiger partial charge in [-0.1, -0.05) is 19.3 Å². The van der Waals surface area contributed by atoms with Crippen LogP contribution in [0.15, 0.2) is 15.8 Å². The quantitative estimate of drug-likeness (QED) is 0.813. The molecule has 1 amide bonds. The molecule has 1 aliphatic carbocycles. The van der Waals surface area contributed by atoms with Gasteiger partial charge in [-0.05, 0) is 38.8 Å². The minimum Gasteiger partial charge on any atom is -0.354 e. The van der Waals surface area contributed by atoms with E-state index in [0.29, 0.717) is 12.1 Å². The monoisotopic (exact) mass is 348 g/mol. The number of carbonyl (C=O) groups is 1. The highest BCUT2D eigenvalue weighted by Crippen LogP contribution is 2.35. The van der Waals surface area contributed by atoms with E-state index in [9.17, 15) is 14.4 Å². The fourth-order valence-corrected chi connectivity index (χ4v) is 4.25. The van der Waals surface area contributed by atoms with E-state index < -0.39 is 11.2 Å². The average Bonchev–Trinajstić information content (AvgIpc) is 3.17. The fraction of sp³-hybridized carbons (Fsp3) is 0.722. The molecule has 0 unspecified atom stereocenters. The van der Waals surface area contributed by atoms with Crippen LogP contribution in [0.5, 0.6) is 0 Å². The fourth-order valence-electron chi connectivity index (χ4n) is 4.25.